The number of aromatic nitrogens is 2. The smallest absolute Gasteiger partial charge is 0.274 e. The maximum atomic E-state index is 12.8. The molecule has 0 radical (unpaired) electrons. The number of H-pyrrole nitrogens is 1. The topological polar surface area (TPSA) is 78.5 Å². The predicted molar refractivity (Wildman–Crippen MR) is 89.9 cm³/mol. The molecule has 6 nitrogen and oxygen atoms in total. The number of carbonyl (C=O) groups excluding carboxylic acids is 1. The highest BCUT2D eigenvalue weighted by molar-refractivity contribution is 5.92. The number of ether oxygens (including phenoxy) is 1. The van der Waals surface area contributed by atoms with Gasteiger partial charge in [0.25, 0.3) is 5.91 Å². The Hall–Kier alpha value is -2.34. The van der Waals surface area contributed by atoms with Gasteiger partial charge >= 0.3 is 0 Å². The first-order valence-corrected chi connectivity index (χ1v) is 8.13. The number of hydrogen-bond donors (Lipinski definition) is 2. The summed E-state index contributed by atoms with van der Waals surface area (Å²) in [6.45, 7) is 4.25. The van der Waals surface area contributed by atoms with Gasteiger partial charge in [0.2, 0.25) is 0 Å². The van der Waals surface area contributed by atoms with Gasteiger partial charge in [-0.15, -0.1) is 0 Å². The monoisotopic (exact) mass is 329 g/mol. The van der Waals surface area contributed by atoms with Crippen molar-refractivity contribution in [1.29, 1.82) is 0 Å². The van der Waals surface area contributed by atoms with Gasteiger partial charge < -0.3 is 14.7 Å². The Kier molecular flexibility index (Phi) is 4.32. The maximum absolute atomic E-state index is 12.8. The van der Waals surface area contributed by atoms with Crippen LogP contribution in [0.1, 0.15) is 41.5 Å². The maximum Gasteiger partial charge on any atom is 0.274 e. The number of nitrogens with one attached hydrogen (secondary N) is 1. The van der Waals surface area contributed by atoms with Crippen molar-refractivity contribution in [2.45, 2.75) is 38.3 Å². The van der Waals surface area contributed by atoms with Crippen LogP contribution in [0.5, 0.6) is 5.75 Å². The second-order valence-corrected chi connectivity index (χ2v) is 6.47. The lowest BCUT2D eigenvalue weighted by Gasteiger charge is -2.36. The van der Waals surface area contributed by atoms with E-state index in [1.165, 1.54) is 0 Å². The average molecular weight is 329 g/mol. The summed E-state index contributed by atoms with van der Waals surface area (Å²) < 4.78 is 5.17. The molecule has 0 saturated carbocycles. The molecule has 0 spiro atoms. The van der Waals surface area contributed by atoms with E-state index < -0.39 is 5.60 Å². The van der Waals surface area contributed by atoms with E-state index in [1.807, 2.05) is 31.2 Å². The molecule has 1 fully saturated rings. The zero-order valence-corrected chi connectivity index (χ0v) is 14.2. The molecule has 1 aromatic heterocycles. The fourth-order valence-corrected chi connectivity index (χ4v) is 3.39. The number of hydrogen-bond acceptors (Lipinski definition) is 4. The molecule has 24 heavy (non-hydrogen) atoms. The Bertz CT molecular complexity index is 721. The van der Waals surface area contributed by atoms with E-state index in [4.69, 9.17) is 4.74 Å². The molecule has 1 saturated heterocycles. The largest absolute Gasteiger partial charge is 0.497 e. The summed E-state index contributed by atoms with van der Waals surface area (Å²) in [5, 5.41) is 18.0. The SMILES string of the molecule is COc1ccc([C@](C)(O)[C@@H]2CCCN2C(=O)c2cc(C)[nH]n2)cc1. The van der Waals surface area contributed by atoms with Gasteiger partial charge in [-0.2, -0.15) is 5.10 Å². The second-order valence-electron chi connectivity index (χ2n) is 6.47. The minimum Gasteiger partial charge on any atom is -0.497 e. The van der Waals surface area contributed by atoms with Crippen molar-refractivity contribution in [1.82, 2.24) is 15.1 Å². The number of likely N-dealkylation sites (tertiary alicyclic amines) is 1. The highest BCUT2D eigenvalue weighted by Gasteiger charge is 2.43. The van der Waals surface area contributed by atoms with Gasteiger partial charge in [0.05, 0.1) is 13.2 Å². The molecular formula is C18H23N3O3. The molecule has 2 heterocycles. The fourth-order valence-electron chi connectivity index (χ4n) is 3.39. The Labute approximate surface area is 141 Å². The quantitative estimate of drug-likeness (QED) is 0.902. The number of aryl methyl sites for hydroxylation is 1. The molecule has 3 rings (SSSR count). The number of methoxy groups -OCH3 is 1. The second kappa shape index (κ2) is 6.28. The standard InChI is InChI=1S/C18H23N3O3/c1-12-11-15(20-19-12)17(22)21-10-4-5-16(21)18(2,23)13-6-8-14(24-3)9-7-13/h6-9,11,16,23H,4-5,10H2,1-3H3,(H,19,20)/t16-,18-/m0/s1. The molecule has 2 aromatic rings. The van der Waals surface area contributed by atoms with Crippen molar-refractivity contribution in [2.75, 3.05) is 13.7 Å². The van der Waals surface area contributed by atoms with E-state index in [9.17, 15) is 9.90 Å². The van der Waals surface area contributed by atoms with Crippen LogP contribution in [0.25, 0.3) is 0 Å². The average Bonchev–Trinajstić information content (AvgIpc) is 3.23. The summed E-state index contributed by atoms with van der Waals surface area (Å²) in [6, 6.07) is 8.79. The molecule has 1 amide bonds. The molecule has 1 aliphatic heterocycles. The van der Waals surface area contributed by atoms with E-state index in [2.05, 4.69) is 10.2 Å². The van der Waals surface area contributed by atoms with Gasteiger partial charge in [-0.1, -0.05) is 12.1 Å². The van der Waals surface area contributed by atoms with Crippen LogP contribution in [-0.4, -0.2) is 45.8 Å². The predicted octanol–water partition coefficient (Wildman–Crippen LogP) is 2.24. The first kappa shape index (κ1) is 16.5. The van der Waals surface area contributed by atoms with Crippen molar-refractivity contribution in [2.24, 2.45) is 0 Å². The van der Waals surface area contributed by atoms with E-state index in [-0.39, 0.29) is 11.9 Å². The molecule has 1 aliphatic rings. The molecule has 128 valence electrons. The molecule has 0 bridgehead atoms. The van der Waals surface area contributed by atoms with Crippen molar-refractivity contribution in [3.05, 3.63) is 47.3 Å². The van der Waals surface area contributed by atoms with Gasteiger partial charge in [0.1, 0.15) is 17.0 Å². The molecule has 6 heteroatoms. The van der Waals surface area contributed by atoms with Gasteiger partial charge in [0.15, 0.2) is 0 Å². The normalized spacial score (nSPS) is 20.0. The van der Waals surface area contributed by atoms with Crippen LogP contribution in [0.3, 0.4) is 0 Å². The minimum atomic E-state index is -1.14. The van der Waals surface area contributed by atoms with E-state index in [0.717, 1.165) is 29.8 Å². The van der Waals surface area contributed by atoms with E-state index >= 15 is 0 Å². The fraction of sp³-hybridized carbons (Fsp3) is 0.444. The van der Waals surface area contributed by atoms with E-state index in [0.29, 0.717) is 12.2 Å². The lowest BCUT2D eigenvalue weighted by Crippen LogP contribution is -2.48. The first-order valence-electron chi connectivity index (χ1n) is 8.13. The summed E-state index contributed by atoms with van der Waals surface area (Å²) in [7, 11) is 1.61. The summed E-state index contributed by atoms with van der Waals surface area (Å²) in [5.41, 5.74) is 0.871. The Balaban J connectivity index is 1.86. The Morgan fingerprint density at radius 2 is 2.12 bits per heavy atom. The highest BCUT2D eigenvalue weighted by atomic mass is 16.5. The molecular weight excluding hydrogens is 306 g/mol. The van der Waals surface area contributed by atoms with Crippen LogP contribution in [0.15, 0.2) is 30.3 Å². The number of aliphatic hydroxyl groups is 1. The number of rotatable bonds is 4. The summed E-state index contributed by atoms with van der Waals surface area (Å²) >= 11 is 0. The molecule has 0 aliphatic carbocycles. The van der Waals surface area contributed by atoms with Gasteiger partial charge in [0, 0.05) is 12.2 Å². The van der Waals surface area contributed by atoms with Crippen LogP contribution >= 0.6 is 0 Å². The third-order valence-electron chi connectivity index (χ3n) is 4.76. The van der Waals surface area contributed by atoms with Crippen LogP contribution in [0.2, 0.25) is 0 Å². The van der Waals surface area contributed by atoms with Crippen molar-refractivity contribution in [3.8, 4) is 5.75 Å². The van der Waals surface area contributed by atoms with Crippen LogP contribution in [0.4, 0.5) is 0 Å². The minimum absolute atomic E-state index is 0.143. The molecule has 1 aromatic carbocycles. The number of aromatic amines is 1. The van der Waals surface area contributed by atoms with Crippen LogP contribution in [0, 0.1) is 6.92 Å². The van der Waals surface area contributed by atoms with Crippen molar-refractivity contribution in [3.63, 3.8) is 0 Å². The summed E-state index contributed by atoms with van der Waals surface area (Å²) in [4.78, 5) is 14.5. The van der Waals surface area contributed by atoms with Crippen LogP contribution in [-0.2, 0) is 5.60 Å². The first-order chi connectivity index (χ1) is 11.4. The molecule has 0 unspecified atom stereocenters. The number of carbonyl (C=O) groups is 1. The lowest BCUT2D eigenvalue weighted by molar-refractivity contribution is -0.0179. The third kappa shape index (κ3) is 2.89. The number of amides is 1. The van der Waals surface area contributed by atoms with Crippen LogP contribution < -0.4 is 4.74 Å². The van der Waals surface area contributed by atoms with E-state index in [1.54, 1.807) is 25.0 Å². The zero-order chi connectivity index (χ0) is 17.3. The van der Waals surface area contributed by atoms with Crippen molar-refractivity contribution < 1.29 is 14.6 Å². The lowest BCUT2D eigenvalue weighted by atomic mass is 9.86. The molecule has 2 N–H and O–H groups in total. The zero-order valence-electron chi connectivity index (χ0n) is 14.2. The van der Waals surface area contributed by atoms with Crippen molar-refractivity contribution >= 4 is 5.91 Å². The molecule has 2 atom stereocenters. The highest BCUT2D eigenvalue weighted by Crippen LogP contribution is 2.36. The number of nitrogens with zero attached hydrogens (tertiary/aromatic N) is 2. The Morgan fingerprint density at radius 1 is 1.42 bits per heavy atom. The Morgan fingerprint density at radius 3 is 2.71 bits per heavy atom. The van der Waals surface area contributed by atoms with Gasteiger partial charge in [-0.25, -0.2) is 0 Å². The summed E-state index contributed by atoms with van der Waals surface area (Å²) in [6.07, 6.45) is 1.63. The summed E-state index contributed by atoms with van der Waals surface area (Å²) in [5.74, 6) is 0.594. The van der Waals surface area contributed by atoms with Gasteiger partial charge in [-0.3, -0.25) is 9.89 Å². The number of benzene rings is 1. The van der Waals surface area contributed by atoms with Gasteiger partial charge in [-0.05, 0) is 50.5 Å². The third-order valence-corrected chi connectivity index (χ3v) is 4.76.